The standard InChI is InChI=1S/C13H23BrN2OSi/c1-13(2,3)18(4,5)17-9-12-11(14)8-16(15-12)10-6-7-10/h8,10H,6-7,9H2,1-5H3. The van der Waals surface area contributed by atoms with Gasteiger partial charge in [0.25, 0.3) is 0 Å². The summed E-state index contributed by atoms with van der Waals surface area (Å²) < 4.78 is 9.36. The highest BCUT2D eigenvalue weighted by atomic mass is 79.9. The van der Waals surface area contributed by atoms with Crippen LogP contribution in [0.3, 0.4) is 0 Å². The van der Waals surface area contributed by atoms with Crippen LogP contribution in [0, 0.1) is 0 Å². The van der Waals surface area contributed by atoms with Gasteiger partial charge in [-0.25, -0.2) is 0 Å². The van der Waals surface area contributed by atoms with E-state index in [-0.39, 0.29) is 5.04 Å². The Kier molecular flexibility index (Phi) is 3.78. The van der Waals surface area contributed by atoms with Crippen molar-refractivity contribution in [3.05, 3.63) is 16.4 Å². The van der Waals surface area contributed by atoms with Gasteiger partial charge in [0.15, 0.2) is 8.32 Å². The Labute approximate surface area is 119 Å². The summed E-state index contributed by atoms with van der Waals surface area (Å²) in [5.41, 5.74) is 1.03. The maximum absolute atomic E-state index is 6.21. The van der Waals surface area contributed by atoms with E-state index in [2.05, 4.69) is 65.8 Å². The number of rotatable bonds is 4. The van der Waals surface area contributed by atoms with E-state index in [1.54, 1.807) is 0 Å². The van der Waals surface area contributed by atoms with Gasteiger partial charge in [-0.2, -0.15) is 5.10 Å². The predicted octanol–water partition coefficient (Wildman–Crippen LogP) is 4.50. The van der Waals surface area contributed by atoms with Crippen LogP contribution in [0.25, 0.3) is 0 Å². The molecule has 1 saturated carbocycles. The molecule has 0 spiro atoms. The van der Waals surface area contributed by atoms with Crippen molar-refractivity contribution in [3.8, 4) is 0 Å². The van der Waals surface area contributed by atoms with Crippen LogP contribution in [0.1, 0.15) is 45.3 Å². The van der Waals surface area contributed by atoms with Crippen LogP contribution in [0.5, 0.6) is 0 Å². The van der Waals surface area contributed by atoms with Crippen molar-refractivity contribution in [3.63, 3.8) is 0 Å². The summed E-state index contributed by atoms with van der Waals surface area (Å²) >= 11 is 3.58. The number of aromatic nitrogens is 2. The monoisotopic (exact) mass is 330 g/mol. The summed E-state index contributed by atoms with van der Waals surface area (Å²) in [4.78, 5) is 0. The summed E-state index contributed by atoms with van der Waals surface area (Å²) in [5, 5.41) is 4.87. The highest BCUT2D eigenvalue weighted by Crippen LogP contribution is 2.38. The van der Waals surface area contributed by atoms with E-state index >= 15 is 0 Å². The lowest BCUT2D eigenvalue weighted by Gasteiger charge is -2.35. The summed E-state index contributed by atoms with van der Waals surface area (Å²) in [6.07, 6.45) is 4.61. The van der Waals surface area contributed by atoms with E-state index in [1.807, 2.05) is 0 Å². The molecule has 5 heteroatoms. The quantitative estimate of drug-likeness (QED) is 0.760. The van der Waals surface area contributed by atoms with Gasteiger partial charge in [-0.05, 0) is 46.9 Å². The highest BCUT2D eigenvalue weighted by molar-refractivity contribution is 9.10. The maximum Gasteiger partial charge on any atom is 0.192 e. The van der Waals surface area contributed by atoms with Crippen molar-refractivity contribution < 1.29 is 4.43 Å². The Hall–Kier alpha value is -0.133. The van der Waals surface area contributed by atoms with Gasteiger partial charge >= 0.3 is 0 Å². The van der Waals surface area contributed by atoms with Crippen molar-refractivity contribution in [1.29, 1.82) is 0 Å². The first-order valence-corrected chi connectivity index (χ1v) is 10.3. The van der Waals surface area contributed by atoms with Gasteiger partial charge in [-0.1, -0.05) is 20.8 Å². The molecule has 3 nitrogen and oxygen atoms in total. The molecule has 1 aliphatic carbocycles. The zero-order valence-electron chi connectivity index (χ0n) is 12.0. The normalized spacial score (nSPS) is 17.2. The molecule has 0 atom stereocenters. The van der Waals surface area contributed by atoms with Gasteiger partial charge in [0.05, 0.1) is 17.1 Å². The van der Waals surface area contributed by atoms with Gasteiger partial charge in [-0.15, -0.1) is 0 Å². The Morgan fingerprint density at radius 2 is 2.06 bits per heavy atom. The van der Waals surface area contributed by atoms with Gasteiger partial charge in [0.2, 0.25) is 0 Å². The lowest BCUT2D eigenvalue weighted by atomic mass is 10.2. The Bertz CT molecular complexity index is 433. The van der Waals surface area contributed by atoms with E-state index in [0.29, 0.717) is 12.6 Å². The first-order chi connectivity index (χ1) is 8.21. The second-order valence-electron chi connectivity index (χ2n) is 6.68. The molecular formula is C13H23BrN2OSi. The topological polar surface area (TPSA) is 27.1 Å². The number of nitrogens with zero attached hydrogens (tertiary/aromatic N) is 2. The third-order valence-corrected chi connectivity index (χ3v) is 9.20. The summed E-state index contributed by atoms with van der Waals surface area (Å²) in [6.45, 7) is 12.0. The lowest BCUT2D eigenvalue weighted by Crippen LogP contribution is -2.40. The molecule has 0 aromatic carbocycles. The average Bonchev–Trinajstić information content (AvgIpc) is 2.99. The number of halogens is 1. The van der Waals surface area contributed by atoms with Crippen molar-refractivity contribution >= 4 is 24.2 Å². The van der Waals surface area contributed by atoms with Crippen LogP contribution in [-0.2, 0) is 11.0 Å². The van der Waals surface area contributed by atoms with Crippen LogP contribution in [0.15, 0.2) is 10.7 Å². The SMILES string of the molecule is CC(C)(C)[Si](C)(C)OCc1nn(C2CC2)cc1Br. The Morgan fingerprint density at radius 1 is 1.44 bits per heavy atom. The van der Waals surface area contributed by atoms with Gasteiger partial charge < -0.3 is 4.43 Å². The molecule has 1 aromatic heterocycles. The minimum Gasteiger partial charge on any atom is -0.411 e. The molecular weight excluding hydrogens is 308 g/mol. The fraction of sp³-hybridized carbons (Fsp3) is 0.769. The molecule has 2 rings (SSSR count). The highest BCUT2D eigenvalue weighted by Gasteiger charge is 2.37. The molecule has 0 N–H and O–H groups in total. The zero-order valence-corrected chi connectivity index (χ0v) is 14.5. The molecule has 1 heterocycles. The molecule has 0 saturated heterocycles. The largest absolute Gasteiger partial charge is 0.411 e. The molecule has 1 aliphatic rings. The minimum absolute atomic E-state index is 0.249. The first-order valence-electron chi connectivity index (χ1n) is 6.58. The number of hydrogen-bond acceptors (Lipinski definition) is 2. The molecule has 18 heavy (non-hydrogen) atoms. The number of hydrogen-bond donors (Lipinski definition) is 0. The van der Waals surface area contributed by atoms with Crippen molar-refractivity contribution in [2.45, 2.75) is 64.4 Å². The van der Waals surface area contributed by atoms with Crippen LogP contribution < -0.4 is 0 Å². The van der Waals surface area contributed by atoms with Crippen molar-refractivity contribution in [2.24, 2.45) is 0 Å². The third kappa shape index (κ3) is 3.06. The molecule has 0 aliphatic heterocycles. The van der Waals surface area contributed by atoms with Gasteiger partial charge in [0, 0.05) is 6.20 Å². The van der Waals surface area contributed by atoms with Crippen LogP contribution >= 0.6 is 15.9 Å². The van der Waals surface area contributed by atoms with Crippen molar-refractivity contribution in [1.82, 2.24) is 9.78 Å². The lowest BCUT2D eigenvalue weighted by molar-refractivity contribution is 0.270. The first kappa shape index (κ1) is 14.3. The predicted molar refractivity (Wildman–Crippen MR) is 80.2 cm³/mol. The summed E-state index contributed by atoms with van der Waals surface area (Å²) in [7, 11) is -1.68. The molecule has 102 valence electrons. The van der Waals surface area contributed by atoms with Crippen LogP contribution in [0.2, 0.25) is 18.1 Å². The van der Waals surface area contributed by atoms with Gasteiger partial charge in [0.1, 0.15) is 5.69 Å². The van der Waals surface area contributed by atoms with E-state index in [1.165, 1.54) is 12.8 Å². The fourth-order valence-corrected chi connectivity index (χ4v) is 2.83. The Morgan fingerprint density at radius 3 is 2.56 bits per heavy atom. The molecule has 0 amide bonds. The van der Waals surface area contributed by atoms with Crippen molar-refractivity contribution in [2.75, 3.05) is 0 Å². The summed E-state index contributed by atoms with van der Waals surface area (Å²) in [5.74, 6) is 0. The molecule has 0 radical (unpaired) electrons. The second-order valence-corrected chi connectivity index (χ2v) is 12.3. The Balaban J connectivity index is 2.01. The van der Waals surface area contributed by atoms with E-state index < -0.39 is 8.32 Å². The van der Waals surface area contributed by atoms with E-state index in [9.17, 15) is 0 Å². The average molecular weight is 331 g/mol. The van der Waals surface area contributed by atoms with Gasteiger partial charge in [-0.3, -0.25) is 4.68 Å². The summed E-state index contributed by atoms with van der Waals surface area (Å²) in [6, 6.07) is 0.628. The van der Waals surface area contributed by atoms with Crippen LogP contribution in [0.4, 0.5) is 0 Å². The fourth-order valence-electron chi connectivity index (χ4n) is 1.50. The molecule has 0 unspecified atom stereocenters. The minimum atomic E-state index is -1.68. The maximum atomic E-state index is 6.21. The molecule has 1 fully saturated rings. The van der Waals surface area contributed by atoms with E-state index in [4.69, 9.17) is 4.43 Å². The molecule has 1 aromatic rings. The zero-order chi connectivity index (χ0) is 13.6. The second kappa shape index (κ2) is 4.76. The smallest absolute Gasteiger partial charge is 0.192 e. The van der Waals surface area contributed by atoms with Crippen LogP contribution in [-0.4, -0.2) is 18.1 Å². The van der Waals surface area contributed by atoms with E-state index in [0.717, 1.165) is 10.2 Å². The molecule has 0 bridgehead atoms. The third-order valence-electron chi connectivity index (χ3n) is 4.05.